The van der Waals surface area contributed by atoms with Crippen molar-refractivity contribution in [2.75, 3.05) is 18.4 Å². The van der Waals surface area contributed by atoms with Crippen LogP contribution >= 0.6 is 11.6 Å². The van der Waals surface area contributed by atoms with Gasteiger partial charge in [-0.3, -0.25) is 14.6 Å². The quantitative estimate of drug-likeness (QED) is 0.930. The van der Waals surface area contributed by atoms with Gasteiger partial charge in [-0.05, 0) is 37.1 Å². The van der Waals surface area contributed by atoms with E-state index in [-0.39, 0.29) is 17.7 Å². The van der Waals surface area contributed by atoms with Gasteiger partial charge < -0.3 is 10.2 Å². The Hall–Kier alpha value is -2.40. The van der Waals surface area contributed by atoms with Crippen LogP contribution in [0.25, 0.3) is 0 Å². The summed E-state index contributed by atoms with van der Waals surface area (Å²) < 4.78 is 0. The highest BCUT2D eigenvalue weighted by molar-refractivity contribution is 6.33. The zero-order valence-electron chi connectivity index (χ0n) is 13.1. The van der Waals surface area contributed by atoms with Gasteiger partial charge in [0.15, 0.2) is 0 Å². The fourth-order valence-corrected chi connectivity index (χ4v) is 3.05. The summed E-state index contributed by atoms with van der Waals surface area (Å²) >= 11 is 6.09. The lowest BCUT2D eigenvalue weighted by Gasteiger charge is -2.31. The average Bonchev–Trinajstić information content (AvgIpc) is 2.62. The van der Waals surface area contributed by atoms with Crippen molar-refractivity contribution in [3.63, 3.8) is 0 Å². The van der Waals surface area contributed by atoms with E-state index in [2.05, 4.69) is 10.3 Å². The molecule has 3 rings (SSSR count). The minimum absolute atomic E-state index is 0.00829. The van der Waals surface area contributed by atoms with Gasteiger partial charge in [0.1, 0.15) is 0 Å². The Morgan fingerprint density at radius 3 is 2.42 bits per heavy atom. The lowest BCUT2D eigenvalue weighted by atomic mass is 9.95. The zero-order valence-corrected chi connectivity index (χ0v) is 13.9. The van der Waals surface area contributed by atoms with Gasteiger partial charge >= 0.3 is 0 Å². The molecule has 0 spiro atoms. The van der Waals surface area contributed by atoms with E-state index in [9.17, 15) is 9.59 Å². The molecule has 5 nitrogen and oxygen atoms in total. The maximum Gasteiger partial charge on any atom is 0.255 e. The van der Waals surface area contributed by atoms with E-state index >= 15 is 0 Å². The van der Waals surface area contributed by atoms with Gasteiger partial charge in [-0.1, -0.05) is 23.7 Å². The fraction of sp³-hybridized carbons (Fsp3) is 0.278. The molecular formula is C18H18ClN3O2. The molecule has 124 valence electrons. The lowest BCUT2D eigenvalue weighted by molar-refractivity contribution is -0.121. The van der Waals surface area contributed by atoms with E-state index in [0.29, 0.717) is 36.5 Å². The number of piperidine rings is 1. The topological polar surface area (TPSA) is 62.3 Å². The number of benzene rings is 1. The van der Waals surface area contributed by atoms with Crippen molar-refractivity contribution in [2.24, 2.45) is 5.92 Å². The molecule has 1 aromatic carbocycles. The van der Waals surface area contributed by atoms with Crippen LogP contribution in [0.2, 0.25) is 5.02 Å². The second-order valence-electron chi connectivity index (χ2n) is 5.77. The molecule has 6 heteroatoms. The van der Waals surface area contributed by atoms with Crippen LogP contribution in [0.4, 0.5) is 5.69 Å². The number of carbonyl (C=O) groups excluding carboxylic acids is 2. The van der Waals surface area contributed by atoms with Gasteiger partial charge in [0, 0.05) is 37.1 Å². The monoisotopic (exact) mass is 343 g/mol. The first-order valence-corrected chi connectivity index (χ1v) is 8.27. The standard InChI is InChI=1S/C18H18ClN3O2/c19-16-4-2-1-3-15(16)18(24)22-11-7-13(8-12-22)17(23)21-14-5-9-20-10-6-14/h1-6,9-10,13H,7-8,11-12H2,(H,20,21,23). The first-order valence-electron chi connectivity index (χ1n) is 7.90. The van der Waals surface area contributed by atoms with Crippen LogP contribution in [0, 0.1) is 5.92 Å². The zero-order chi connectivity index (χ0) is 16.9. The molecule has 2 amide bonds. The number of aromatic nitrogens is 1. The molecule has 1 N–H and O–H groups in total. The number of nitrogens with zero attached hydrogens (tertiary/aromatic N) is 2. The van der Waals surface area contributed by atoms with Gasteiger partial charge in [-0.2, -0.15) is 0 Å². The number of halogens is 1. The summed E-state index contributed by atoms with van der Waals surface area (Å²) in [4.78, 5) is 30.5. The number of pyridine rings is 1. The third kappa shape index (κ3) is 3.74. The molecule has 2 heterocycles. The summed E-state index contributed by atoms with van der Waals surface area (Å²) in [7, 11) is 0. The number of nitrogens with one attached hydrogen (secondary N) is 1. The number of likely N-dealkylation sites (tertiary alicyclic amines) is 1. The molecule has 0 saturated carbocycles. The van der Waals surface area contributed by atoms with E-state index in [0.717, 1.165) is 5.69 Å². The van der Waals surface area contributed by atoms with E-state index in [4.69, 9.17) is 11.6 Å². The van der Waals surface area contributed by atoms with Crippen molar-refractivity contribution >= 4 is 29.1 Å². The Morgan fingerprint density at radius 1 is 1.08 bits per heavy atom. The van der Waals surface area contributed by atoms with Gasteiger partial charge in [-0.25, -0.2) is 0 Å². The third-order valence-corrected chi connectivity index (χ3v) is 4.53. The number of hydrogen-bond donors (Lipinski definition) is 1. The largest absolute Gasteiger partial charge is 0.339 e. The van der Waals surface area contributed by atoms with Crippen molar-refractivity contribution in [1.29, 1.82) is 0 Å². The molecule has 0 bridgehead atoms. The molecule has 1 aromatic heterocycles. The Kier molecular flexibility index (Phi) is 5.11. The number of rotatable bonds is 3. The van der Waals surface area contributed by atoms with Crippen molar-refractivity contribution in [1.82, 2.24) is 9.88 Å². The highest BCUT2D eigenvalue weighted by Crippen LogP contribution is 2.23. The molecular weight excluding hydrogens is 326 g/mol. The first-order chi connectivity index (χ1) is 11.6. The number of carbonyl (C=O) groups is 2. The van der Waals surface area contributed by atoms with Gasteiger partial charge in [0.2, 0.25) is 5.91 Å². The predicted octanol–water partition coefficient (Wildman–Crippen LogP) is 3.23. The molecule has 0 radical (unpaired) electrons. The second-order valence-corrected chi connectivity index (χ2v) is 6.18. The molecule has 1 fully saturated rings. The Balaban J connectivity index is 1.57. The van der Waals surface area contributed by atoms with E-state index in [1.54, 1.807) is 53.7 Å². The maximum absolute atomic E-state index is 12.5. The summed E-state index contributed by atoms with van der Waals surface area (Å²) in [6, 6.07) is 10.6. The number of amides is 2. The Bertz CT molecular complexity index is 728. The molecule has 0 aliphatic carbocycles. The van der Waals surface area contributed by atoms with E-state index in [1.165, 1.54) is 0 Å². The smallest absolute Gasteiger partial charge is 0.255 e. The Morgan fingerprint density at radius 2 is 1.75 bits per heavy atom. The van der Waals surface area contributed by atoms with Crippen LogP contribution in [0.5, 0.6) is 0 Å². The predicted molar refractivity (Wildman–Crippen MR) is 92.9 cm³/mol. The highest BCUT2D eigenvalue weighted by Gasteiger charge is 2.28. The van der Waals surface area contributed by atoms with Crippen LogP contribution in [-0.4, -0.2) is 34.8 Å². The van der Waals surface area contributed by atoms with Crippen LogP contribution < -0.4 is 5.32 Å². The van der Waals surface area contributed by atoms with Gasteiger partial charge in [-0.15, -0.1) is 0 Å². The fourth-order valence-electron chi connectivity index (χ4n) is 2.83. The third-order valence-electron chi connectivity index (χ3n) is 4.21. The summed E-state index contributed by atoms with van der Waals surface area (Å²) in [5.41, 5.74) is 1.25. The van der Waals surface area contributed by atoms with Crippen LogP contribution in [-0.2, 0) is 4.79 Å². The van der Waals surface area contributed by atoms with Crippen molar-refractivity contribution in [3.8, 4) is 0 Å². The minimum atomic E-state index is -0.0894. The molecule has 2 aromatic rings. The first kappa shape index (κ1) is 16.5. The van der Waals surface area contributed by atoms with E-state index in [1.807, 2.05) is 0 Å². The van der Waals surface area contributed by atoms with Crippen LogP contribution in [0.15, 0.2) is 48.8 Å². The van der Waals surface area contributed by atoms with Gasteiger partial charge in [0.25, 0.3) is 5.91 Å². The minimum Gasteiger partial charge on any atom is -0.339 e. The Labute approximate surface area is 145 Å². The molecule has 1 aliphatic rings. The van der Waals surface area contributed by atoms with Crippen molar-refractivity contribution in [2.45, 2.75) is 12.8 Å². The van der Waals surface area contributed by atoms with Crippen LogP contribution in [0.3, 0.4) is 0 Å². The molecule has 0 unspecified atom stereocenters. The molecule has 24 heavy (non-hydrogen) atoms. The molecule has 0 atom stereocenters. The van der Waals surface area contributed by atoms with Crippen LogP contribution in [0.1, 0.15) is 23.2 Å². The van der Waals surface area contributed by atoms with Crippen molar-refractivity contribution in [3.05, 3.63) is 59.4 Å². The maximum atomic E-state index is 12.5. The summed E-state index contributed by atoms with van der Waals surface area (Å²) in [5.74, 6) is -0.173. The second kappa shape index (κ2) is 7.45. The summed E-state index contributed by atoms with van der Waals surface area (Å²) in [6.45, 7) is 1.11. The lowest BCUT2D eigenvalue weighted by Crippen LogP contribution is -2.41. The highest BCUT2D eigenvalue weighted by atomic mass is 35.5. The molecule has 1 saturated heterocycles. The molecule has 1 aliphatic heterocycles. The average molecular weight is 344 g/mol. The summed E-state index contributed by atoms with van der Waals surface area (Å²) in [6.07, 6.45) is 4.57. The number of hydrogen-bond acceptors (Lipinski definition) is 3. The SMILES string of the molecule is O=C(Nc1ccncc1)C1CCN(C(=O)c2ccccc2Cl)CC1. The summed E-state index contributed by atoms with van der Waals surface area (Å²) in [5, 5.41) is 3.35. The number of anilines is 1. The van der Waals surface area contributed by atoms with Crippen molar-refractivity contribution < 1.29 is 9.59 Å². The normalized spacial score (nSPS) is 15.1. The van der Waals surface area contributed by atoms with Gasteiger partial charge in [0.05, 0.1) is 10.6 Å². The van der Waals surface area contributed by atoms with E-state index < -0.39 is 0 Å².